The highest BCUT2D eigenvalue weighted by Crippen LogP contribution is 2.48. The summed E-state index contributed by atoms with van der Waals surface area (Å²) in [7, 11) is 3.26. The number of ether oxygens (including phenoxy) is 2. The Hall–Kier alpha value is -2.49. The Balaban J connectivity index is 2.29. The van der Waals surface area contributed by atoms with E-state index in [1.807, 2.05) is 12.1 Å². The SMILES string of the molecule is COc1cc(OC)c(-c2cc3c(cc2C)C(C)(C)CCC3(C)C)cc1C=NO. The van der Waals surface area contributed by atoms with Gasteiger partial charge in [0, 0.05) is 17.2 Å². The highest BCUT2D eigenvalue weighted by atomic mass is 16.5. The fraction of sp³-hybridized carbons (Fsp3) is 0.458. The second-order valence-electron chi connectivity index (χ2n) is 9.02. The molecule has 1 N–H and O–H groups in total. The molecular weight excluding hydrogens is 350 g/mol. The number of fused-ring (bicyclic) bond motifs is 1. The third-order valence-corrected chi connectivity index (χ3v) is 6.24. The van der Waals surface area contributed by atoms with Crippen molar-refractivity contribution in [2.24, 2.45) is 5.16 Å². The van der Waals surface area contributed by atoms with Gasteiger partial charge in [0.2, 0.25) is 0 Å². The van der Waals surface area contributed by atoms with Crippen molar-refractivity contribution in [3.63, 3.8) is 0 Å². The Kier molecular flexibility index (Phi) is 5.18. The fourth-order valence-electron chi connectivity index (χ4n) is 4.31. The van der Waals surface area contributed by atoms with Crippen molar-refractivity contribution < 1.29 is 14.7 Å². The van der Waals surface area contributed by atoms with Crippen LogP contribution >= 0.6 is 0 Å². The van der Waals surface area contributed by atoms with E-state index in [-0.39, 0.29) is 10.8 Å². The van der Waals surface area contributed by atoms with Crippen molar-refractivity contribution in [1.29, 1.82) is 0 Å². The third-order valence-electron chi connectivity index (χ3n) is 6.24. The van der Waals surface area contributed by atoms with Crippen LogP contribution in [-0.4, -0.2) is 25.6 Å². The van der Waals surface area contributed by atoms with Gasteiger partial charge in [-0.2, -0.15) is 0 Å². The number of methoxy groups -OCH3 is 2. The van der Waals surface area contributed by atoms with E-state index in [0.29, 0.717) is 11.3 Å². The molecule has 0 atom stereocenters. The van der Waals surface area contributed by atoms with Crippen LogP contribution in [0.2, 0.25) is 0 Å². The van der Waals surface area contributed by atoms with Gasteiger partial charge in [-0.15, -0.1) is 0 Å². The molecule has 3 rings (SSSR count). The Morgan fingerprint density at radius 2 is 1.43 bits per heavy atom. The van der Waals surface area contributed by atoms with Gasteiger partial charge in [0.05, 0.1) is 20.4 Å². The first kappa shape index (κ1) is 20.2. The molecule has 150 valence electrons. The van der Waals surface area contributed by atoms with Gasteiger partial charge in [0.15, 0.2) is 0 Å². The number of aryl methyl sites for hydroxylation is 1. The Morgan fingerprint density at radius 1 is 0.857 bits per heavy atom. The van der Waals surface area contributed by atoms with Crippen LogP contribution in [-0.2, 0) is 10.8 Å². The van der Waals surface area contributed by atoms with Crippen molar-refractivity contribution >= 4 is 6.21 Å². The highest BCUT2D eigenvalue weighted by molar-refractivity contribution is 5.88. The Labute approximate surface area is 168 Å². The lowest BCUT2D eigenvalue weighted by Gasteiger charge is -2.42. The van der Waals surface area contributed by atoms with E-state index in [2.05, 4.69) is 51.9 Å². The zero-order chi connectivity index (χ0) is 20.7. The number of hydrogen-bond acceptors (Lipinski definition) is 4. The normalized spacial score (nSPS) is 17.4. The summed E-state index contributed by atoms with van der Waals surface area (Å²) in [6.45, 7) is 11.5. The van der Waals surface area contributed by atoms with Crippen LogP contribution in [0.25, 0.3) is 11.1 Å². The van der Waals surface area contributed by atoms with Crippen molar-refractivity contribution in [2.45, 2.75) is 58.3 Å². The second-order valence-corrected chi connectivity index (χ2v) is 9.02. The Morgan fingerprint density at radius 3 is 1.96 bits per heavy atom. The third kappa shape index (κ3) is 3.36. The van der Waals surface area contributed by atoms with Crippen LogP contribution < -0.4 is 9.47 Å². The van der Waals surface area contributed by atoms with E-state index >= 15 is 0 Å². The van der Waals surface area contributed by atoms with Gasteiger partial charge in [-0.3, -0.25) is 0 Å². The van der Waals surface area contributed by atoms with Crippen molar-refractivity contribution in [2.75, 3.05) is 14.2 Å². The van der Waals surface area contributed by atoms with Crippen molar-refractivity contribution in [3.8, 4) is 22.6 Å². The number of oxime groups is 1. The van der Waals surface area contributed by atoms with Gasteiger partial charge < -0.3 is 14.7 Å². The van der Waals surface area contributed by atoms with Crippen LogP contribution in [0.15, 0.2) is 29.4 Å². The summed E-state index contributed by atoms with van der Waals surface area (Å²) in [5.41, 5.74) is 7.16. The average Bonchev–Trinajstić information content (AvgIpc) is 2.65. The van der Waals surface area contributed by atoms with E-state index in [9.17, 15) is 0 Å². The smallest absolute Gasteiger partial charge is 0.131 e. The molecule has 2 aromatic rings. The van der Waals surface area contributed by atoms with Gasteiger partial charge in [0.25, 0.3) is 0 Å². The van der Waals surface area contributed by atoms with Gasteiger partial charge >= 0.3 is 0 Å². The molecular formula is C24H31NO3. The first-order chi connectivity index (χ1) is 13.1. The second kappa shape index (κ2) is 7.16. The molecule has 0 saturated carbocycles. The van der Waals surface area contributed by atoms with Crippen LogP contribution in [0.1, 0.15) is 62.8 Å². The molecule has 1 aliphatic rings. The van der Waals surface area contributed by atoms with E-state index in [0.717, 1.165) is 23.3 Å². The lowest BCUT2D eigenvalue weighted by molar-refractivity contribution is 0.321. The standard InChI is InChI=1S/C24H31NO3/c1-15-10-19-20(24(4,5)9-8-23(19,2)3)12-17(15)18-11-16(14-25-26)21(27-6)13-22(18)28-7/h10-14,26H,8-9H2,1-7H3. The zero-order valence-corrected chi connectivity index (χ0v) is 18.0. The van der Waals surface area contributed by atoms with Gasteiger partial charge in [-0.25, -0.2) is 0 Å². The van der Waals surface area contributed by atoms with Gasteiger partial charge in [-0.1, -0.05) is 38.9 Å². The molecule has 0 saturated heterocycles. The molecule has 0 unspecified atom stereocenters. The minimum Gasteiger partial charge on any atom is -0.496 e. The van der Waals surface area contributed by atoms with Crippen molar-refractivity contribution in [3.05, 3.63) is 46.5 Å². The monoisotopic (exact) mass is 381 g/mol. The molecule has 0 spiro atoms. The predicted molar refractivity (Wildman–Crippen MR) is 114 cm³/mol. The van der Waals surface area contributed by atoms with Gasteiger partial charge in [-0.05, 0) is 65.0 Å². The molecule has 0 bridgehead atoms. The maximum absolute atomic E-state index is 9.05. The maximum atomic E-state index is 9.05. The van der Waals surface area contributed by atoms with Crippen LogP contribution in [0.5, 0.6) is 11.5 Å². The molecule has 4 nitrogen and oxygen atoms in total. The first-order valence-corrected chi connectivity index (χ1v) is 9.74. The fourth-order valence-corrected chi connectivity index (χ4v) is 4.31. The summed E-state index contributed by atoms with van der Waals surface area (Å²) in [6.07, 6.45) is 3.75. The Bertz CT molecular complexity index is 926. The minimum absolute atomic E-state index is 0.127. The lowest BCUT2D eigenvalue weighted by atomic mass is 9.62. The van der Waals surface area contributed by atoms with Crippen molar-refractivity contribution in [1.82, 2.24) is 0 Å². The van der Waals surface area contributed by atoms with Crippen LogP contribution in [0.3, 0.4) is 0 Å². The topological polar surface area (TPSA) is 51.0 Å². The van der Waals surface area contributed by atoms with E-state index in [4.69, 9.17) is 14.7 Å². The number of benzene rings is 2. The quantitative estimate of drug-likeness (QED) is 0.411. The molecule has 0 heterocycles. The summed E-state index contributed by atoms with van der Waals surface area (Å²) in [5, 5.41) is 12.2. The van der Waals surface area contributed by atoms with E-state index in [1.54, 1.807) is 14.2 Å². The minimum atomic E-state index is 0.127. The van der Waals surface area contributed by atoms with E-state index in [1.165, 1.54) is 29.3 Å². The number of nitrogens with zero attached hydrogens (tertiary/aromatic N) is 1. The van der Waals surface area contributed by atoms with E-state index < -0.39 is 0 Å². The average molecular weight is 382 g/mol. The molecule has 0 amide bonds. The van der Waals surface area contributed by atoms with Gasteiger partial charge in [0.1, 0.15) is 11.5 Å². The highest BCUT2D eigenvalue weighted by Gasteiger charge is 2.37. The van der Waals surface area contributed by atoms with Crippen LogP contribution in [0.4, 0.5) is 0 Å². The molecule has 2 aromatic carbocycles. The summed E-state index contributed by atoms with van der Waals surface area (Å²) >= 11 is 0. The molecule has 0 aliphatic heterocycles. The molecule has 4 heteroatoms. The summed E-state index contributed by atoms with van der Waals surface area (Å²) in [4.78, 5) is 0. The van der Waals surface area contributed by atoms with Crippen LogP contribution in [0, 0.1) is 6.92 Å². The zero-order valence-electron chi connectivity index (χ0n) is 18.0. The molecule has 0 aromatic heterocycles. The first-order valence-electron chi connectivity index (χ1n) is 9.74. The summed E-state index contributed by atoms with van der Waals surface area (Å²) < 4.78 is 11.1. The summed E-state index contributed by atoms with van der Waals surface area (Å²) in [6, 6.07) is 8.48. The maximum Gasteiger partial charge on any atom is 0.131 e. The largest absolute Gasteiger partial charge is 0.496 e. The molecule has 1 aliphatic carbocycles. The molecule has 0 radical (unpaired) electrons. The lowest BCUT2D eigenvalue weighted by Crippen LogP contribution is -2.34. The number of hydrogen-bond donors (Lipinski definition) is 1. The molecule has 0 fully saturated rings. The predicted octanol–water partition coefficient (Wildman–Crippen LogP) is 5.84. The molecule has 28 heavy (non-hydrogen) atoms. The summed E-state index contributed by atoms with van der Waals surface area (Å²) in [5.74, 6) is 1.35. The number of rotatable bonds is 4.